The van der Waals surface area contributed by atoms with E-state index in [-0.39, 0.29) is 0 Å². The van der Waals surface area contributed by atoms with Crippen molar-refractivity contribution in [2.45, 2.75) is 71.3 Å². The highest BCUT2D eigenvalue weighted by molar-refractivity contribution is 6.89. The minimum Gasteiger partial charge on any atom is -0.405 e. The van der Waals surface area contributed by atoms with Gasteiger partial charge in [-0.2, -0.15) is 0 Å². The summed E-state index contributed by atoms with van der Waals surface area (Å²) in [5.74, 6) is 0. The van der Waals surface area contributed by atoms with Crippen molar-refractivity contribution in [3.05, 3.63) is 0 Å². The molecular weight excluding hydrogens is 212 g/mol. The van der Waals surface area contributed by atoms with Gasteiger partial charge in [-0.3, -0.25) is 0 Å². The fourth-order valence-corrected chi connectivity index (χ4v) is 2.69. The third-order valence-electron chi connectivity index (χ3n) is 2.56. The summed E-state index contributed by atoms with van der Waals surface area (Å²) in [6.07, 6.45) is 10.8. The zero-order chi connectivity index (χ0) is 10.6. The van der Waals surface area contributed by atoms with Crippen LogP contribution >= 0.6 is 11.1 Å². The van der Waals surface area contributed by atoms with Crippen LogP contribution in [-0.4, -0.2) is 15.2 Å². The summed E-state index contributed by atoms with van der Waals surface area (Å²) in [6, 6.07) is 0. The molecule has 0 aliphatic rings. The summed E-state index contributed by atoms with van der Waals surface area (Å²) in [5, 5.41) is 0. The Morgan fingerprint density at radius 1 is 1.00 bits per heavy atom. The molecule has 0 saturated heterocycles. The lowest BCUT2D eigenvalue weighted by Gasteiger charge is -2.16. The zero-order valence-electron chi connectivity index (χ0n) is 9.73. The summed E-state index contributed by atoms with van der Waals surface area (Å²) in [4.78, 5) is 0. The molecular formula is C11H25ClOSi. The first-order chi connectivity index (χ1) is 6.85. The molecule has 0 fully saturated rings. The summed E-state index contributed by atoms with van der Waals surface area (Å²) in [7, 11) is -0.730. The van der Waals surface area contributed by atoms with Gasteiger partial charge in [-0.25, -0.2) is 0 Å². The first-order valence-corrected chi connectivity index (χ1v) is 8.74. The number of unbranched alkanes of at least 4 members (excludes halogenated alkanes) is 4. The average molecular weight is 237 g/mol. The Kier molecular flexibility index (Phi) is 11.9. The van der Waals surface area contributed by atoms with Crippen molar-refractivity contribution >= 4 is 20.2 Å². The molecule has 0 aromatic rings. The van der Waals surface area contributed by atoms with E-state index in [0.717, 1.165) is 0 Å². The third kappa shape index (κ3) is 9.04. The van der Waals surface area contributed by atoms with Gasteiger partial charge >= 0.3 is 0 Å². The Morgan fingerprint density at radius 3 is 1.86 bits per heavy atom. The summed E-state index contributed by atoms with van der Waals surface area (Å²) >= 11 is 5.74. The van der Waals surface area contributed by atoms with Crippen LogP contribution < -0.4 is 0 Å². The Bertz CT molecular complexity index is 101. The molecule has 0 aromatic heterocycles. The molecule has 0 aromatic carbocycles. The Balaban J connectivity index is 3.44. The lowest BCUT2D eigenvalue weighted by molar-refractivity contribution is 0.187. The van der Waals surface area contributed by atoms with Crippen LogP contribution in [0.3, 0.4) is 0 Å². The van der Waals surface area contributed by atoms with Gasteiger partial charge in [-0.15, -0.1) is 11.1 Å². The van der Waals surface area contributed by atoms with Crippen molar-refractivity contribution in [1.82, 2.24) is 0 Å². The SMILES string of the molecule is CCCCCC(CCCCC)O[SiH2]Cl. The second-order valence-corrected chi connectivity index (χ2v) is 5.10. The van der Waals surface area contributed by atoms with E-state index >= 15 is 0 Å². The van der Waals surface area contributed by atoms with Gasteiger partial charge in [0.1, 0.15) is 0 Å². The fourth-order valence-electron chi connectivity index (χ4n) is 1.64. The van der Waals surface area contributed by atoms with E-state index in [1.165, 1.54) is 51.4 Å². The lowest BCUT2D eigenvalue weighted by Crippen LogP contribution is -2.13. The van der Waals surface area contributed by atoms with Crippen molar-refractivity contribution in [3.8, 4) is 0 Å². The molecule has 0 rings (SSSR count). The minimum absolute atomic E-state index is 0.470. The summed E-state index contributed by atoms with van der Waals surface area (Å²) < 4.78 is 5.64. The van der Waals surface area contributed by atoms with Crippen LogP contribution in [0.5, 0.6) is 0 Å². The number of halogens is 1. The molecule has 0 N–H and O–H groups in total. The van der Waals surface area contributed by atoms with E-state index in [2.05, 4.69) is 13.8 Å². The predicted octanol–water partition coefficient (Wildman–Crippen LogP) is 3.77. The largest absolute Gasteiger partial charge is 0.405 e. The van der Waals surface area contributed by atoms with Crippen LogP contribution in [-0.2, 0) is 4.43 Å². The molecule has 86 valence electrons. The molecule has 0 aliphatic carbocycles. The first kappa shape index (κ1) is 14.5. The normalized spacial score (nSPS) is 12.0. The molecule has 0 heterocycles. The standard InChI is InChI=1S/C11H25ClOSi/c1-3-5-7-9-11(13-14-12)10-8-6-4-2/h11H,3-10,14H2,1-2H3. The van der Waals surface area contributed by atoms with Gasteiger partial charge in [0.25, 0.3) is 9.07 Å². The van der Waals surface area contributed by atoms with Crippen LogP contribution in [0.1, 0.15) is 65.2 Å². The topological polar surface area (TPSA) is 9.23 Å². The van der Waals surface area contributed by atoms with Crippen LogP contribution in [0, 0.1) is 0 Å². The molecule has 0 spiro atoms. The second kappa shape index (κ2) is 11.5. The Hall–Kier alpha value is 0.467. The van der Waals surface area contributed by atoms with E-state index in [1.807, 2.05) is 0 Å². The van der Waals surface area contributed by atoms with Crippen molar-refractivity contribution < 1.29 is 4.43 Å². The van der Waals surface area contributed by atoms with Crippen LogP contribution in [0.4, 0.5) is 0 Å². The molecule has 0 radical (unpaired) electrons. The Labute approximate surface area is 96.2 Å². The molecule has 0 amide bonds. The quantitative estimate of drug-likeness (QED) is 0.319. The van der Waals surface area contributed by atoms with Crippen molar-refractivity contribution in [2.24, 2.45) is 0 Å². The zero-order valence-corrected chi connectivity index (χ0v) is 11.9. The molecule has 1 nitrogen and oxygen atoms in total. The van der Waals surface area contributed by atoms with Gasteiger partial charge in [0.05, 0.1) is 0 Å². The van der Waals surface area contributed by atoms with E-state index in [9.17, 15) is 0 Å². The van der Waals surface area contributed by atoms with E-state index in [4.69, 9.17) is 15.5 Å². The van der Waals surface area contributed by atoms with Crippen LogP contribution in [0.2, 0.25) is 0 Å². The second-order valence-electron chi connectivity index (χ2n) is 3.89. The Morgan fingerprint density at radius 2 is 1.50 bits per heavy atom. The molecule has 0 aliphatic heterocycles. The summed E-state index contributed by atoms with van der Waals surface area (Å²) in [6.45, 7) is 4.48. The van der Waals surface area contributed by atoms with Gasteiger partial charge in [0.15, 0.2) is 0 Å². The van der Waals surface area contributed by atoms with Gasteiger partial charge in [-0.1, -0.05) is 52.4 Å². The van der Waals surface area contributed by atoms with Crippen LogP contribution in [0.15, 0.2) is 0 Å². The maximum Gasteiger partial charge on any atom is 0.258 e. The third-order valence-corrected chi connectivity index (χ3v) is 3.53. The number of hydrogen-bond donors (Lipinski definition) is 0. The van der Waals surface area contributed by atoms with Crippen molar-refractivity contribution in [2.75, 3.05) is 0 Å². The maximum atomic E-state index is 5.74. The molecule has 0 bridgehead atoms. The summed E-state index contributed by atoms with van der Waals surface area (Å²) in [5.41, 5.74) is 0. The smallest absolute Gasteiger partial charge is 0.258 e. The van der Waals surface area contributed by atoms with Gasteiger partial charge in [0.2, 0.25) is 0 Å². The number of hydrogen-bond acceptors (Lipinski definition) is 1. The van der Waals surface area contributed by atoms with Crippen molar-refractivity contribution in [3.63, 3.8) is 0 Å². The monoisotopic (exact) mass is 236 g/mol. The van der Waals surface area contributed by atoms with E-state index < -0.39 is 9.07 Å². The molecule has 14 heavy (non-hydrogen) atoms. The molecule has 0 saturated carbocycles. The molecule has 0 unspecified atom stereocenters. The maximum absolute atomic E-state index is 5.74. The van der Waals surface area contributed by atoms with Crippen molar-refractivity contribution in [1.29, 1.82) is 0 Å². The lowest BCUT2D eigenvalue weighted by atomic mass is 10.0. The highest BCUT2D eigenvalue weighted by Gasteiger charge is 2.07. The van der Waals surface area contributed by atoms with Gasteiger partial charge in [0, 0.05) is 6.10 Å². The minimum atomic E-state index is -0.730. The highest BCUT2D eigenvalue weighted by atomic mass is 35.6. The highest BCUT2D eigenvalue weighted by Crippen LogP contribution is 2.13. The van der Waals surface area contributed by atoms with E-state index in [0.29, 0.717) is 6.10 Å². The molecule has 0 atom stereocenters. The predicted molar refractivity (Wildman–Crippen MR) is 67.6 cm³/mol. The van der Waals surface area contributed by atoms with Gasteiger partial charge < -0.3 is 4.43 Å². The van der Waals surface area contributed by atoms with Crippen LogP contribution in [0.25, 0.3) is 0 Å². The fraction of sp³-hybridized carbons (Fsp3) is 1.00. The molecule has 3 heteroatoms. The average Bonchev–Trinajstić information content (AvgIpc) is 2.18. The van der Waals surface area contributed by atoms with E-state index in [1.54, 1.807) is 0 Å². The first-order valence-electron chi connectivity index (χ1n) is 6.02. The van der Waals surface area contributed by atoms with Gasteiger partial charge in [-0.05, 0) is 12.8 Å². The number of rotatable bonds is 10.